The molecule has 0 bridgehead atoms. The van der Waals surface area contributed by atoms with Crippen LogP contribution in [0.3, 0.4) is 0 Å². The van der Waals surface area contributed by atoms with Crippen LogP contribution in [0.25, 0.3) is 5.57 Å². The van der Waals surface area contributed by atoms with Gasteiger partial charge in [-0.1, -0.05) is 24.8 Å². The van der Waals surface area contributed by atoms with E-state index >= 15 is 0 Å². The molecule has 0 unspecified atom stereocenters. The van der Waals surface area contributed by atoms with E-state index in [0.29, 0.717) is 22.6 Å². The number of rotatable bonds is 5. The molecule has 0 aliphatic carbocycles. The molecule has 170 valence electrons. The standard InChI is InChI=1S/C24H27N7O2/c1-16-20(17-8-10-18(11-9-17)22(32)29(2)3)7-6-14-31(16)28-24(25)27-19-12-13-21(26-15-19)23(33)30(4)5/h6-15H,1H2,2-5H3,(H3,25,27,28). The Morgan fingerprint density at radius 1 is 1.03 bits per heavy atom. The van der Waals surface area contributed by atoms with Crippen molar-refractivity contribution in [1.29, 1.82) is 0 Å². The zero-order valence-electron chi connectivity index (χ0n) is 19.1. The Kier molecular flexibility index (Phi) is 6.92. The fourth-order valence-corrected chi connectivity index (χ4v) is 3.05. The summed E-state index contributed by atoms with van der Waals surface area (Å²) in [5, 5.41) is 1.66. The van der Waals surface area contributed by atoms with Gasteiger partial charge < -0.3 is 15.5 Å². The van der Waals surface area contributed by atoms with Crippen molar-refractivity contribution in [1.82, 2.24) is 25.2 Å². The summed E-state index contributed by atoms with van der Waals surface area (Å²) in [6, 6.07) is 10.6. The number of nitrogens with zero attached hydrogens (tertiary/aromatic N) is 5. The molecule has 2 amide bonds. The number of guanidine groups is 1. The molecule has 9 heteroatoms. The SMILES string of the molecule is C=C1C(c2ccc(C(=O)N(C)C)cc2)=CC=CN1NC(N)=Nc1ccc(C(=O)N(C)C)nc1. The van der Waals surface area contributed by atoms with Crippen LogP contribution >= 0.6 is 0 Å². The van der Waals surface area contributed by atoms with E-state index < -0.39 is 0 Å². The number of allylic oxidation sites excluding steroid dienone is 3. The van der Waals surface area contributed by atoms with Crippen molar-refractivity contribution < 1.29 is 9.59 Å². The molecule has 3 N–H and O–H groups in total. The van der Waals surface area contributed by atoms with Crippen LogP contribution in [0.15, 0.2) is 78.2 Å². The van der Waals surface area contributed by atoms with Crippen LogP contribution in [0.2, 0.25) is 0 Å². The Labute approximate surface area is 193 Å². The van der Waals surface area contributed by atoms with Gasteiger partial charge in [0.05, 0.1) is 17.6 Å². The van der Waals surface area contributed by atoms with Crippen LogP contribution in [-0.2, 0) is 0 Å². The van der Waals surface area contributed by atoms with Gasteiger partial charge in [0.1, 0.15) is 5.69 Å². The third-order valence-electron chi connectivity index (χ3n) is 4.81. The van der Waals surface area contributed by atoms with Crippen LogP contribution < -0.4 is 11.2 Å². The van der Waals surface area contributed by atoms with E-state index in [2.05, 4.69) is 22.0 Å². The maximum absolute atomic E-state index is 12.1. The summed E-state index contributed by atoms with van der Waals surface area (Å²) in [5.74, 6) is -0.119. The fraction of sp³-hybridized carbons (Fsp3) is 0.167. The molecule has 2 aromatic rings. The predicted octanol–water partition coefficient (Wildman–Crippen LogP) is 2.36. The molecule has 0 radical (unpaired) electrons. The highest BCUT2D eigenvalue weighted by Gasteiger charge is 2.16. The zero-order valence-corrected chi connectivity index (χ0v) is 19.1. The average molecular weight is 446 g/mol. The maximum atomic E-state index is 12.1. The number of pyridine rings is 1. The van der Waals surface area contributed by atoms with Crippen molar-refractivity contribution in [2.45, 2.75) is 0 Å². The smallest absolute Gasteiger partial charge is 0.271 e. The quantitative estimate of drug-likeness (QED) is 0.541. The molecular weight excluding hydrogens is 418 g/mol. The molecule has 0 saturated heterocycles. The molecule has 0 spiro atoms. The summed E-state index contributed by atoms with van der Waals surface area (Å²) >= 11 is 0. The van der Waals surface area contributed by atoms with E-state index in [1.807, 2.05) is 24.3 Å². The molecule has 0 saturated carbocycles. The lowest BCUT2D eigenvalue weighted by atomic mass is 9.99. The lowest BCUT2D eigenvalue weighted by Gasteiger charge is -2.28. The normalized spacial score (nSPS) is 13.5. The van der Waals surface area contributed by atoms with Gasteiger partial charge >= 0.3 is 0 Å². The van der Waals surface area contributed by atoms with E-state index in [9.17, 15) is 9.59 Å². The number of benzene rings is 1. The minimum absolute atomic E-state index is 0.0567. The number of aromatic nitrogens is 1. The number of hydrogen-bond acceptors (Lipinski definition) is 5. The number of carbonyl (C=O) groups excluding carboxylic acids is 2. The van der Waals surface area contributed by atoms with Crippen LogP contribution in [0.4, 0.5) is 5.69 Å². The van der Waals surface area contributed by atoms with Gasteiger partial charge in [-0.3, -0.25) is 20.0 Å². The lowest BCUT2D eigenvalue weighted by molar-refractivity contribution is 0.0817. The largest absolute Gasteiger partial charge is 0.368 e. The second-order valence-corrected chi connectivity index (χ2v) is 7.73. The van der Waals surface area contributed by atoms with E-state index in [1.54, 1.807) is 63.7 Å². The number of nitrogens with one attached hydrogen (secondary N) is 1. The third-order valence-corrected chi connectivity index (χ3v) is 4.81. The highest BCUT2D eigenvalue weighted by molar-refractivity contribution is 5.94. The molecule has 1 aliphatic heterocycles. The van der Waals surface area contributed by atoms with E-state index in [4.69, 9.17) is 5.73 Å². The Morgan fingerprint density at radius 2 is 1.70 bits per heavy atom. The van der Waals surface area contributed by atoms with Gasteiger partial charge in [-0.2, -0.15) is 0 Å². The number of hydrazine groups is 1. The summed E-state index contributed by atoms with van der Waals surface area (Å²) in [6.07, 6.45) is 7.04. The minimum atomic E-state index is -0.190. The molecule has 1 aromatic carbocycles. The molecule has 2 heterocycles. The van der Waals surface area contributed by atoms with Gasteiger partial charge in [0, 0.05) is 45.5 Å². The first-order valence-electron chi connectivity index (χ1n) is 10.1. The van der Waals surface area contributed by atoms with Crippen LogP contribution in [0.1, 0.15) is 26.4 Å². The molecule has 1 aliphatic rings. The van der Waals surface area contributed by atoms with Crippen LogP contribution in [0, 0.1) is 0 Å². The fourth-order valence-electron chi connectivity index (χ4n) is 3.05. The van der Waals surface area contributed by atoms with E-state index in [-0.39, 0.29) is 17.8 Å². The third kappa shape index (κ3) is 5.45. The summed E-state index contributed by atoms with van der Waals surface area (Å²) < 4.78 is 0. The number of carbonyl (C=O) groups is 2. The highest BCUT2D eigenvalue weighted by Crippen LogP contribution is 2.27. The minimum Gasteiger partial charge on any atom is -0.368 e. The first kappa shape index (κ1) is 23.3. The van der Waals surface area contributed by atoms with Gasteiger partial charge in [-0.15, -0.1) is 0 Å². The molecule has 0 atom stereocenters. The van der Waals surface area contributed by atoms with Gasteiger partial charge in [-0.05, 0) is 35.9 Å². The van der Waals surface area contributed by atoms with Gasteiger partial charge in [0.25, 0.3) is 11.8 Å². The Hall–Kier alpha value is -4.40. The molecule has 1 aromatic heterocycles. The second-order valence-electron chi connectivity index (χ2n) is 7.73. The van der Waals surface area contributed by atoms with Gasteiger partial charge in [0.15, 0.2) is 0 Å². The monoisotopic (exact) mass is 445 g/mol. The number of aliphatic imine (C=N–C) groups is 1. The van der Waals surface area contributed by atoms with E-state index in [1.165, 1.54) is 16.0 Å². The topological polar surface area (TPSA) is 107 Å². The number of hydrogen-bond donors (Lipinski definition) is 2. The molecule has 33 heavy (non-hydrogen) atoms. The van der Waals surface area contributed by atoms with Crippen molar-refractivity contribution >= 4 is 29.0 Å². The van der Waals surface area contributed by atoms with Crippen molar-refractivity contribution in [3.8, 4) is 0 Å². The second kappa shape index (κ2) is 9.82. The first-order chi connectivity index (χ1) is 15.7. The zero-order chi connectivity index (χ0) is 24.1. The average Bonchev–Trinajstić information content (AvgIpc) is 2.80. The predicted molar refractivity (Wildman–Crippen MR) is 129 cm³/mol. The number of nitrogens with two attached hydrogens (primary N) is 1. The maximum Gasteiger partial charge on any atom is 0.271 e. The molecule has 0 fully saturated rings. The Bertz CT molecular complexity index is 1140. The molecule has 3 rings (SSSR count). The van der Waals surface area contributed by atoms with Crippen molar-refractivity contribution in [2.75, 3.05) is 28.2 Å². The summed E-state index contributed by atoms with van der Waals surface area (Å²) in [7, 11) is 6.76. The Balaban J connectivity index is 1.70. The van der Waals surface area contributed by atoms with Gasteiger partial charge in [0.2, 0.25) is 5.96 Å². The Morgan fingerprint density at radius 3 is 2.27 bits per heavy atom. The molecular formula is C24H27N7O2. The van der Waals surface area contributed by atoms with Gasteiger partial charge in [-0.25, -0.2) is 9.98 Å². The van der Waals surface area contributed by atoms with Crippen molar-refractivity contribution in [3.05, 3.63) is 90.0 Å². The summed E-state index contributed by atoms with van der Waals surface area (Å²) in [5.41, 5.74) is 12.9. The van der Waals surface area contributed by atoms with Crippen molar-refractivity contribution in [3.63, 3.8) is 0 Å². The first-order valence-corrected chi connectivity index (χ1v) is 10.1. The molecule has 9 nitrogen and oxygen atoms in total. The van der Waals surface area contributed by atoms with Crippen molar-refractivity contribution in [2.24, 2.45) is 10.7 Å². The summed E-state index contributed by atoms with van der Waals surface area (Å²) in [6.45, 7) is 4.15. The van der Waals surface area contributed by atoms with Crippen LogP contribution in [-0.4, -0.2) is 65.8 Å². The highest BCUT2D eigenvalue weighted by atomic mass is 16.2. The lowest BCUT2D eigenvalue weighted by Crippen LogP contribution is -2.42. The van der Waals surface area contributed by atoms with Crippen LogP contribution in [0.5, 0.6) is 0 Å². The summed E-state index contributed by atoms with van der Waals surface area (Å²) in [4.78, 5) is 35.5. The van der Waals surface area contributed by atoms with E-state index in [0.717, 1.165) is 11.1 Å². The number of amides is 2.